The number of thioether (sulfide) groups is 1. The second kappa shape index (κ2) is 8.57. The first-order chi connectivity index (χ1) is 6.22. The third-order valence-corrected chi connectivity index (χ3v) is 3.08. The molecule has 1 unspecified atom stereocenters. The fourth-order valence-corrected chi connectivity index (χ4v) is 1.83. The first-order valence-corrected chi connectivity index (χ1v) is 5.97. The fourth-order valence-electron chi connectivity index (χ4n) is 0.915. The van der Waals surface area contributed by atoms with E-state index in [1.807, 2.05) is 6.92 Å². The van der Waals surface area contributed by atoms with Crippen LogP contribution < -0.4 is 0 Å². The molecule has 0 aromatic heterocycles. The lowest BCUT2D eigenvalue weighted by atomic mass is 10.1. The number of ketones is 1. The van der Waals surface area contributed by atoms with Crippen LogP contribution in [0, 0.1) is 5.92 Å². The second-order valence-corrected chi connectivity index (χ2v) is 4.31. The van der Waals surface area contributed by atoms with Gasteiger partial charge in [0.1, 0.15) is 5.78 Å². The Morgan fingerprint density at radius 1 is 1.54 bits per heavy atom. The van der Waals surface area contributed by atoms with E-state index >= 15 is 0 Å². The number of rotatable bonds is 8. The van der Waals surface area contributed by atoms with Gasteiger partial charge < -0.3 is 4.74 Å². The average molecular weight is 204 g/mol. The first kappa shape index (κ1) is 13.0. The van der Waals surface area contributed by atoms with Gasteiger partial charge in [-0.2, -0.15) is 11.8 Å². The van der Waals surface area contributed by atoms with Crippen molar-refractivity contribution >= 4 is 17.5 Å². The summed E-state index contributed by atoms with van der Waals surface area (Å²) in [6, 6.07) is 0. The molecule has 0 saturated heterocycles. The highest BCUT2D eigenvalue weighted by atomic mass is 32.2. The highest BCUT2D eigenvalue weighted by Crippen LogP contribution is 2.09. The monoisotopic (exact) mass is 204 g/mol. The Bertz CT molecular complexity index is 137. The van der Waals surface area contributed by atoms with Gasteiger partial charge in [0.15, 0.2) is 0 Å². The van der Waals surface area contributed by atoms with E-state index in [1.54, 1.807) is 18.9 Å². The van der Waals surface area contributed by atoms with Crippen LogP contribution in [0.2, 0.25) is 0 Å². The van der Waals surface area contributed by atoms with Crippen molar-refractivity contribution in [1.82, 2.24) is 0 Å². The van der Waals surface area contributed by atoms with Crippen molar-refractivity contribution in [2.24, 2.45) is 5.92 Å². The summed E-state index contributed by atoms with van der Waals surface area (Å²) in [4.78, 5) is 11.4. The molecule has 0 amide bonds. The van der Waals surface area contributed by atoms with Crippen LogP contribution in [0.25, 0.3) is 0 Å². The van der Waals surface area contributed by atoms with Crippen LogP contribution in [0.15, 0.2) is 0 Å². The number of hydrogen-bond donors (Lipinski definition) is 0. The van der Waals surface area contributed by atoms with Crippen LogP contribution >= 0.6 is 11.8 Å². The van der Waals surface area contributed by atoms with Crippen LogP contribution in [0.3, 0.4) is 0 Å². The molecule has 0 N–H and O–H groups in total. The van der Waals surface area contributed by atoms with Gasteiger partial charge in [0.25, 0.3) is 0 Å². The van der Waals surface area contributed by atoms with Crippen LogP contribution in [-0.4, -0.2) is 31.0 Å². The number of ether oxygens (including phenoxy) is 1. The largest absolute Gasteiger partial charge is 0.385 e. The Morgan fingerprint density at radius 2 is 2.23 bits per heavy atom. The van der Waals surface area contributed by atoms with Crippen molar-refractivity contribution in [2.45, 2.75) is 26.7 Å². The van der Waals surface area contributed by atoms with E-state index in [0.717, 1.165) is 18.6 Å². The van der Waals surface area contributed by atoms with Gasteiger partial charge in [-0.05, 0) is 18.6 Å². The summed E-state index contributed by atoms with van der Waals surface area (Å²) in [7, 11) is 1.67. The first-order valence-electron chi connectivity index (χ1n) is 4.81. The van der Waals surface area contributed by atoms with Crippen LogP contribution in [0.1, 0.15) is 26.7 Å². The van der Waals surface area contributed by atoms with E-state index in [1.165, 1.54) is 0 Å². The molecule has 0 aromatic rings. The van der Waals surface area contributed by atoms with Crippen LogP contribution in [-0.2, 0) is 9.53 Å². The standard InChI is InChI=1S/C10H20O2S/c1-4-7-13-8-10(11)9(2)5-6-12-3/h9H,4-8H2,1-3H3. The zero-order valence-corrected chi connectivity index (χ0v) is 9.65. The molecular weight excluding hydrogens is 184 g/mol. The molecule has 0 saturated carbocycles. The molecular formula is C10H20O2S. The number of carbonyl (C=O) groups is 1. The molecule has 0 spiro atoms. The lowest BCUT2D eigenvalue weighted by molar-refractivity contribution is -0.120. The van der Waals surface area contributed by atoms with Gasteiger partial charge in [-0.3, -0.25) is 4.79 Å². The van der Waals surface area contributed by atoms with Crippen LogP contribution in [0.5, 0.6) is 0 Å². The van der Waals surface area contributed by atoms with Gasteiger partial charge in [0, 0.05) is 19.6 Å². The Labute approximate surface area is 85.4 Å². The minimum atomic E-state index is 0.157. The van der Waals surface area contributed by atoms with Gasteiger partial charge in [0.05, 0.1) is 5.75 Å². The molecule has 1 atom stereocenters. The van der Waals surface area contributed by atoms with E-state index in [-0.39, 0.29) is 5.92 Å². The highest BCUT2D eigenvalue weighted by molar-refractivity contribution is 7.99. The van der Waals surface area contributed by atoms with Crippen molar-refractivity contribution in [3.63, 3.8) is 0 Å². The summed E-state index contributed by atoms with van der Waals surface area (Å²) in [5.41, 5.74) is 0. The molecule has 0 aliphatic carbocycles. The Kier molecular flexibility index (Phi) is 8.56. The SMILES string of the molecule is CCCSCC(=O)C(C)CCOC. The number of Topliss-reactive ketones (excluding diaryl/α,β-unsaturated/α-hetero) is 1. The zero-order valence-electron chi connectivity index (χ0n) is 8.84. The second-order valence-electron chi connectivity index (χ2n) is 3.20. The maximum Gasteiger partial charge on any atom is 0.145 e. The molecule has 0 aromatic carbocycles. The minimum Gasteiger partial charge on any atom is -0.385 e. The molecule has 2 nitrogen and oxygen atoms in total. The summed E-state index contributed by atoms with van der Waals surface area (Å²) < 4.78 is 4.93. The van der Waals surface area contributed by atoms with Gasteiger partial charge in [-0.1, -0.05) is 13.8 Å². The number of methoxy groups -OCH3 is 1. The van der Waals surface area contributed by atoms with E-state index in [9.17, 15) is 4.79 Å². The molecule has 0 bridgehead atoms. The predicted molar refractivity (Wildman–Crippen MR) is 58.3 cm³/mol. The van der Waals surface area contributed by atoms with Gasteiger partial charge in [-0.15, -0.1) is 0 Å². The molecule has 0 heterocycles. The third-order valence-electron chi connectivity index (χ3n) is 1.90. The Morgan fingerprint density at radius 3 is 2.77 bits per heavy atom. The Balaban J connectivity index is 3.45. The lowest BCUT2D eigenvalue weighted by Gasteiger charge is -2.08. The third kappa shape index (κ3) is 7.08. The topological polar surface area (TPSA) is 26.3 Å². The lowest BCUT2D eigenvalue weighted by Crippen LogP contribution is -2.15. The maximum absolute atomic E-state index is 11.4. The molecule has 0 radical (unpaired) electrons. The maximum atomic E-state index is 11.4. The summed E-state index contributed by atoms with van der Waals surface area (Å²) in [6.07, 6.45) is 1.99. The Hall–Kier alpha value is -0.0200. The smallest absolute Gasteiger partial charge is 0.145 e. The minimum absolute atomic E-state index is 0.157. The number of carbonyl (C=O) groups excluding carboxylic acids is 1. The zero-order chi connectivity index (χ0) is 10.1. The summed E-state index contributed by atoms with van der Waals surface area (Å²) in [5.74, 6) is 2.27. The van der Waals surface area contributed by atoms with Crippen molar-refractivity contribution in [3.8, 4) is 0 Å². The highest BCUT2D eigenvalue weighted by Gasteiger charge is 2.11. The number of hydrogen-bond acceptors (Lipinski definition) is 3. The van der Waals surface area contributed by atoms with Crippen LogP contribution in [0.4, 0.5) is 0 Å². The normalized spacial score (nSPS) is 12.8. The molecule has 3 heteroatoms. The van der Waals surface area contributed by atoms with Crippen molar-refractivity contribution in [2.75, 3.05) is 25.2 Å². The van der Waals surface area contributed by atoms with Crippen molar-refractivity contribution < 1.29 is 9.53 Å². The predicted octanol–water partition coefficient (Wildman–Crippen LogP) is 2.37. The molecule has 78 valence electrons. The molecule has 0 fully saturated rings. The molecule has 0 aliphatic rings. The fraction of sp³-hybridized carbons (Fsp3) is 0.900. The quantitative estimate of drug-likeness (QED) is 0.568. The summed E-state index contributed by atoms with van der Waals surface area (Å²) in [5, 5.41) is 0. The van der Waals surface area contributed by atoms with E-state index in [4.69, 9.17) is 4.74 Å². The van der Waals surface area contributed by atoms with Gasteiger partial charge >= 0.3 is 0 Å². The van der Waals surface area contributed by atoms with E-state index < -0.39 is 0 Å². The van der Waals surface area contributed by atoms with E-state index in [2.05, 4.69) is 6.92 Å². The van der Waals surface area contributed by atoms with Crippen molar-refractivity contribution in [3.05, 3.63) is 0 Å². The van der Waals surface area contributed by atoms with Crippen molar-refractivity contribution in [1.29, 1.82) is 0 Å². The average Bonchev–Trinajstić information content (AvgIpc) is 2.14. The molecule has 13 heavy (non-hydrogen) atoms. The molecule has 0 rings (SSSR count). The van der Waals surface area contributed by atoms with Gasteiger partial charge in [-0.25, -0.2) is 0 Å². The van der Waals surface area contributed by atoms with Gasteiger partial charge in [0.2, 0.25) is 0 Å². The summed E-state index contributed by atoms with van der Waals surface area (Å²) >= 11 is 1.73. The summed E-state index contributed by atoms with van der Waals surface area (Å²) in [6.45, 7) is 4.80. The molecule has 0 aliphatic heterocycles. The van der Waals surface area contributed by atoms with E-state index in [0.29, 0.717) is 18.1 Å².